The van der Waals surface area contributed by atoms with Gasteiger partial charge >= 0.3 is 12.4 Å². The number of carboxylic acids is 1. The lowest BCUT2D eigenvalue weighted by Gasteiger charge is -2.13. The highest BCUT2D eigenvalue weighted by molar-refractivity contribution is 5.85. The number of nitrogens with one attached hydrogen (secondary N) is 1. The Labute approximate surface area is 79.0 Å². The molecular weight excluding hydrogens is 200 g/mol. The van der Waals surface area contributed by atoms with Crippen molar-refractivity contribution in [2.24, 2.45) is 0 Å². The van der Waals surface area contributed by atoms with Crippen molar-refractivity contribution in [3.63, 3.8) is 0 Å². The molecule has 82 valence electrons. The first kappa shape index (κ1) is 12.8. The highest BCUT2D eigenvalue weighted by Crippen LogP contribution is 1.97. The number of hydrogen-bond donors (Lipinski definition) is 2. The van der Waals surface area contributed by atoms with Crippen LogP contribution in [0.15, 0.2) is 0 Å². The maximum atomic E-state index is 11.7. The van der Waals surface area contributed by atoms with Crippen molar-refractivity contribution < 1.29 is 28.2 Å². The lowest BCUT2D eigenvalue weighted by Crippen LogP contribution is -2.44. The van der Waals surface area contributed by atoms with E-state index >= 15 is 0 Å². The largest absolute Gasteiger partial charge is 0.480 e. The van der Waals surface area contributed by atoms with Crippen LogP contribution >= 0.6 is 0 Å². The van der Waals surface area contributed by atoms with Crippen LogP contribution in [0.2, 0.25) is 0 Å². The number of carbonyl (C=O) groups is 2. The minimum absolute atomic E-state index is 0.0513. The average molecular weight is 211 g/mol. The fourth-order valence-corrected chi connectivity index (χ4v) is 0.728. The topological polar surface area (TPSA) is 75.6 Å². The van der Waals surface area contributed by atoms with Crippen molar-refractivity contribution in [3.05, 3.63) is 0 Å². The van der Waals surface area contributed by atoms with Gasteiger partial charge in [-0.25, -0.2) is 4.79 Å². The van der Waals surface area contributed by atoms with E-state index in [-0.39, 0.29) is 13.0 Å². The number of hydrogen-bond acceptors (Lipinski definition) is 3. The molecule has 0 aromatic heterocycles. The van der Waals surface area contributed by atoms with E-state index < -0.39 is 24.3 Å². The van der Waals surface area contributed by atoms with Crippen molar-refractivity contribution in [1.29, 1.82) is 0 Å². The van der Waals surface area contributed by atoms with Crippen LogP contribution in [-0.4, -0.2) is 43.2 Å². The summed E-state index contributed by atoms with van der Waals surface area (Å²) in [7, 11) is 1.34. The molecule has 0 radical (unpaired) electrons. The summed E-state index contributed by atoms with van der Waals surface area (Å²) in [6.07, 6.45) is -3.26. The summed E-state index contributed by atoms with van der Waals surface area (Å²) in [4.78, 5) is 20.9. The van der Waals surface area contributed by atoms with Crippen LogP contribution in [0, 0.1) is 0 Å². The standard InChI is InChI=1S/C7H11F2NO4/c1-14-3-2-4(7(12)13)10-6(11)5(8)9/h4-5H,2-3H2,1H3,(H,10,11)(H,12,13). The van der Waals surface area contributed by atoms with Gasteiger partial charge in [-0.3, -0.25) is 4.79 Å². The number of ether oxygens (including phenoxy) is 1. The summed E-state index contributed by atoms with van der Waals surface area (Å²) in [6, 6.07) is -1.34. The van der Waals surface area contributed by atoms with Gasteiger partial charge in [0.1, 0.15) is 6.04 Å². The van der Waals surface area contributed by atoms with Crippen molar-refractivity contribution in [3.8, 4) is 0 Å². The number of methoxy groups -OCH3 is 1. The molecule has 1 unspecified atom stereocenters. The van der Waals surface area contributed by atoms with E-state index in [1.165, 1.54) is 7.11 Å². The van der Waals surface area contributed by atoms with Crippen molar-refractivity contribution in [2.75, 3.05) is 13.7 Å². The van der Waals surface area contributed by atoms with Gasteiger partial charge in [-0.05, 0) is 0 Å². The quantitative estimate of drug-likeness (QED) is 0.641. The van der Waals surface area contributed by atoms with Gasteiger partial charge in [-0.2, -0.15) is 8.78 Å². The first-order valence-corrected chi connectivity index (χ1v) is 3.79. The molecule has 0 rings (SSSR count). The van der Waals surface area contributed by atoms with Crippen LogP contribution in [-0.2, 0) is 14.3 Å². The molecule has 7 heteroatoms. The van der Waals surface area contributed by atoms with E-state index in [2.05, 4.69) is 4.74 Å². The van der Waals surface area contributed by atoms with Gasteiger partial charge in [-0.1, -0.05) is 0 Å². The minimum atomic E-state index is -3.21. The number of amides is 1. The molecule has 0 aromatic carbocycles. The molecule has 0 spiro atoms. The van der Waals surface area contributed by atoms with Crippen molar-refractivity contribution >= 4 is 11.9 Å². The Bertz CT molecular complexity index is 210. The zero-order valence-corrected chi connectivity index (χ0v) is 7.50. The van der Waals surface area contributed by atoms with Crippen LogP contribution in [0.25, 0.3) is 0 Å². The molecule has 5 nitrogen and oxygen atoms in total. The second-order valence-corrected chi connectivity index (χ2v) is 2.48. The Morgan fingerprint density at radius 2 is 2.07 bits per heavy atom. The molecule has 1 amide bonds. The third kappa shape index (κ3) is 4.70. The van der Waals surface area contributed by atoms with Gasteiger partial charge in [0, 0.05) is 20.1 Å². The summed E-state index contributed by atoms with van der Waals surface area (Å²) in [6.45, 7) is 0.0699. The number of halogens is 2. The van der Waals surface area contributed by atoms with Gasteiger partial charge in [-0.15, -0.1) is 0 Å². The Balaban J connectivity index is 4.09. The molecule has 0 heterocycles. The number of carboxylic acid groups (broad SMARTS) is 1. The maximum absolute atomic E-state index is 11.7. The highest BCUT2D eigenvalue weighted by atomic mass is 19.3. The predicted octanol–water partition coefficient (Wildman–Crippen LogP) is -0.143. The van der Waals surface area contributed by atoms with Crippen molar-refractivity contribution in [2.45, 2.75) is 18.9 Å². The minimum Gasteiger partial charge on any atom is -0.480 e. The highest BCUT2D eigenvalue weighted by Gasteiger charge is 2.24. The molecule has 0 bridgehead atoms. The zero-order chi connectivity index (χ0) is 11.1. The van der Waals surface area contributed by atoms with E-state index in [1.807, 2.05) is 0 Å². The van der Waals surface area contributed by atoms with Gasteiger partial charge in [0.2, 0.25) is 0 Å². The Morgan fingerprint density at radius 3 is 2.43 bits per heavy atom. The molecule has 1 atom stereocenters. The zero-order valence-electron chi connectivity index (χ0n) is 7.50. The van der Waals surface area contributed by atoms with Crippen LogP contribution in [0.3, 0.4) is 0 Å². The van der Waals surface area contributed by atoms with Gasteiger partial charge in [0.25, 0.3) is 5.91 Å². The van der Waals surface area contributed by atoms with E-state index in [4.69, 9.17) is 5.11 Å². The van der Waals surface area contributed by atoms with Crippen LogP contribution in [0.4, 0.5) is 8.78 Å². The Kier molecular flexibility index (Phi) is 5.70. The second kappa shape index (κ2) is 6.25. The van der Waals surface area contributed by atoms with E-state index in [0.717, 1.165) is 0 Å². The lowest BCUT2D eigenvalue weighted by atomic mass is 10.2. The van der Waals surface area contributed by atoms with Crippen LogP contribution in [0.1, 0.15) is 6.42 Å². The number of alkyl halides is 2. The molecule has 0 saturated heterocycles. The lowest BCUT2D eigenvalue weighted by molar-refractivity contribution is -0.144. The molecular formula is C7H11F2NO4. The summed E-state index contributed by atoms with van der Waals surface area (Å²) >= 11 is 0. The summed E-state index contributed by atoms with van der Waals surface area (Å²) in [5, 5.41) is 10.2. The molecule has 2 N–H and O–H groups in total. The molecule has 0 fully saturated rings. The fourth-order valence-electron chi connectivity index (χ4n) is 0.728. The summed E-state index contributed by atoms with van der Waals surface area (Å²) in [5.74, 6) is -2.95. The molecule has 0 saturated carbocycles. The van der Waals surface area contributed by atoms with E-state index in [1.54, 1.807) is 5.32 Å². The first-order chi connectivity index (χ1) is 6.49. The van der Waals surface area contributed by atoms with E-state index in [0.29, 0.717) is 0 Å². The number of rotatable bonds is 6. The van der Waals surface area contributed by atoms with Gasteiger partial charge in [0.15, 0.2) is 0 Å². The Hall–Kier alpha value is -1.24. The van der Waals surface area contributed by atoms with Crippen LogP contribution < -0.4 is 5.32 Å². The van der Waals surface area contributed by atoms with Gasteiger partial charge < -0.3 is 15.2 Å². The number of aliphatic carboxylic acids is 1. The average Bonchev–Trinajstić information content (AvgIpc) is 2.10. The molecule has 0 aliphatic carbocycles. The SMILES string of the molecule is COCCC(NC(=O)C(F)F)C(=O)O. The molecule has 14 heavy (non-hydrogen) atoms. The first-order valence-electron chi connectivity index (χ1n) is 3.79. The number of carbonyl (C=O) groups excluding carboxylic acids is 1. The van der Waals surface area contributed by atoms with Gasteiger partial charge in [0.05, 0.1) is 0 Å². The molecule has 0 aliphatic heterocycles. The normalized spacial score (nSPS) is 12.6. The predicted molar refractivity (Wildman–Crippen MR) is 42.1 cm³/mol. The summed E-state index contributed by atoms with van der Waals surface area (Å²) < 4.78 is 28.0. The smallest absolute Gasteiger partial charge is 0.326 e. The summed E-state index contributed by atoms with van der Waals surface area (Å²) in [5.41, 5.74) is 0. The monoisotopic (exact) mass is 211 g/mol. The van der Waals surface area contributed by atoms with Crippen molar-refractivity contribution in [1.82, 2.24) is 5.32 Å². The van der Waals surface area contributed by atoms with Crippen LogP contribution in [0.5, 0.6) is 0 Å². The van der Waals surface area contributed by atoms with E-state index in [9.17, 15) is 18.4 Å². The third-order valence-corrected chi connectivity index (χ3v) is 1.42. The molecule has 0 aromatic rings. The Morgan fingerprint density at radius 1 is 1.50 bits per heavy atom. The second-order valence-electron chi connectivity index (χ2n) is 2.48. The maximum Gasteiger partial charge on any atom is 0.326 e. The molecule has 0 aliphatic rings. The fraction of sp³-hybridized carbons (Fsp3) is 0.714. The third-order valence-electron chi connectivity index (χ3n) is 1.42.